The summed E-state index contributed by atoms with van der Waals surface area (Å²) in [5.74, 6) is 6.78. The van der Waals surface area contributed by atoms with Gasteiger partial charge in [0, 0.05) is 19.3 Å². The van der Waals surface area contributed by atoms with Crippen LogP contribution in [0.3, 0.4) is 0 Å². The van der Waals surface area contributed by atoms with Gasteiger partial charge < -0.3 is 10.3 Å². The molecule has 2 bridgehead atoms. The second-order valence-corrected chi connectivity index (χ2v) is 5.68. The number of fused-ring (bicyclic) bond motifs is 2. The topological polar surface area (TPSA) is 71.2 Å². The summed E-state index contributed by atoms with van der Waals surface area (Å²) < 4.78 is 0. The van der Waals surface area contributed by atoms with Gasteiger partial charge in [0.05, 0.1) is 5.69 Å². The Kier molecular flexibility index (Phi) is 3.38. The van der Waals surface area contributed by atoms with E-state index in [1.54, 1.807) is 18.3 Å². The van der Waals surface area contributed by atoms with Crippen molar-refractivity contribution in [3.63, 3.8) is 0 Å². The number of rotatable bonds is 2. The third-order valence-electron chi connectivity index (χ3n) is 4.28. The highest BCUT2D eigenvalue weighted by Gasteiger charge is 2.33. The summed E-state index contributed by atoms with van der Waals surface area (Å²) in [6, 6.07) is 3.47. The molecule has 1 aromatic heterocycles. The van der Waals surface area contributed by atoms with Crippen LogP contribution in [0.5, 0.6) is 0 Å². The van der Waals surface area contributed by atoms with Crippen LogP contribution in [-0.2, 0) is 0 Å². The Morgan fingerprint density at radius 2 is 2.11 bits per heavy atom. The lowest BCUT2D eigenvalue weighted by Gasteiger charge is -2.41. The minimum atomic E-state index is 0.0358. The van der Waals surface area contributed by atoms with Gasteiger partial charge in [0.15, 0.2) is 0 Å². The molecule has 1 saturated heterocycles. The van der Waals surface area contributed by atoms with Crippen LogP contribution < -0.4 is 11.3 Å². The molecule has 0 aromatic carbocycles. The van der Waals surface area contributed by atoms with E-state index in [2.05, 4.69) is 10.4 Å². The molecule has 2 heterocycles. The number of aromatic nitrogens is 1. The van der Waals surface area contributed by atoms with Gasteiger partial charge in [-0.15, -0.1) is 0 Å². The molecule has 19 heavy (non-hydrogen) atoms. The molecule has 1 aliphatic carbocycles. The van der Waals surface area contributed by atoms with Crippen molar-refractivity contribution in [2.24, 2.45) is 17.7 Å². The van der Waals surface area contributed by atoms with Gasteiger partial charge >= 0.3 is 0 Å². The quantitative estimate of drug-likeness (QED) is 0.626. The molecule has 1 aliphatic heterocycles. The lowest BCUT2D eigenvalue weighted by molar-refractivity contribution is 0.0499. The maximum atomic E-state index is 12.5. The van der Waals surface area contributed by atoms with Gasteiger partial charge in [0.2, 0.25) is 0 Å². The summed E-state index contributed by atoms with van der Waals surface area (Å²) in [5.41, 5.74) is 3.75. The van der Waals surface area contributed by atoms with Crippen molar-refractivity contribution < 1.29 is 4.79 Å². The smallest absolute Gasteiger partial charge is 0.272 e. The first kappa shape index (κ1) is 12.4. The van der Waals surface area contributed by atoms with E-state index in [-0.39, 0.29) is 5.91 Å². The van der Waals surface area contributed by atoms with Gasteiger partial charge in [0.25, 0.3) is 5.91 Å². The summed E-state index contributed by atoms with van der Waals surface area (Å²) in [6.07, 6.45) is 6.76. The standard InChI is InChI=1S/C14H20N4O/c15-17-12-4-5-16-13(7-12)14(19)18-8-10-2-1-3-11(6-10)9-18/h4-5,7,10-11H,1-3,6,8-9,15H2,(H,16,17). The van der Waals surface area contributed by atoms with Crippen molar-refractivity contribution in [2.45, 2.75) is 25.7 Å². The van der Waals surface area contributed by atoms with E-state index in [0.717, 1.165) is 18.8 Å². The van der Waals surface area contributed by atoms with Gasteiger partial charge in [-0.2, -0.15) is 0 Å². The number of carbonyl (C=O) groups is 1. The van der Waals surface area contributed by atoms with Gasteiger partial charge in [-0.1, -0.05) is 6.42 Å². The average molecular weight is 260 g/mol. The van der Waals surface area contributed by atoms with Gasteiger partial charge in [-0.25, -0.2) is 0 Å². The first-order chi connectivity index (χ1) is 9.26. The number of likely N-dealkylation sites (tertiary alicyclic amines) is 1. The third-order valence-corrected chi connectivity index (χ3v) is 4.28. The van der Waals surface area contributed by atoms with Gasteiger partial charge in [-0.3, -0.25) is 15.6 Å². The second-order valence-electron chi connectivity index (χ2n) is 5.68. The van der Waals surface area contributed by atoms with Crippen molar-refractivity contribution >= 4 is 11.6 Å². The highest BCUT2D eigenvalue weighted by atomic mass is 16.2. The van der Waals surface area contributed by atoms with Crippen molar-refractivity contribution in [1.82, 2.24) is 9.88 Å². The van der Waals surface area contributed by atoms with E-state index >= 15 is 0 Å². The van der Waals surface area contributed by atoms with Crippen LogP contribution in [0, 0.1) is 11.8 Å². The van der Waals surface area contributed by atoms with Gasteiger partial charge in [-0.05, 0) is 43.2 Å². The molecule has 0 spiro atoms. The maximum absolute atomic E-state index is 12.5. The number of hydrazine groups is 1. The van der Waals surface area contributed by atoms with E-state index in [0.29, 0.717) is 17.5 Å². The number of nitrogens with zero attached hydrogens (tertiary/aromatic N) is 2. The first-order valence-corrected chi connectivity index (χ1v) is 6.98. The van der Waals surface area contributed by atoms with Crippen molar-refractivity contribution in [3.8, 4) is 0 Å². The lowest BCUT2D eigenvalue weighted by atomic mass is 9.78. The summed E-state index contributed by atoms with van der Waals surface area (Å²) in [4.78, 5) is 18.6. The molecule has 3 N–H and O–H groups in total. The fourth-order valence-electron chi connectivity index (χ4n) is 3.40. The summed E-state index contributed by atoms with van der Waals surface area (Å²) in [7, 11) is 0. The SMILES string of the molecule is NNc1ccnc(C(=O)N2CC3CCCC(C3)C2)c1. The zero-order chi connectivity index (χ0) is 13.2. The number of nitrogens with two attached hydrogens (primary N) is 1. The molecular formula is C14H20N4O. The highest BCUT2D eigenvalue weighted by Crippen LogP contribution is 2.34. The number of piperidine rings is 1. The van der Waals surface area contributed by atoms with Crippen LogP contribution in [0.2, 0.25) is 0 Å². The zero-order valence-corrected chi connectivity index (χ0v) is 11.0. The molecule has 1 saturated carbocycles. The molecule has 1 amide bonds. The number of amides is 1. The Labute approximate surface area is 113 Å². The second kappa shape index (κ2) is 5.17. The largest absolute Gasteiger partial charge is 0.337 e. The van der Waals surface area contributed by atoms with E-state index in [1.165, 1.54) is 25.7 Å². The molecule has 0 radical (unpaired) electrons. The number of carbonyl (C=O) groups excluding carboxylic acids is 1. The van der Waals surface area contributed by atoms with E-state index in [9.17, 15) is 4.79 Å². The average Bonchev–Trinajstić information content (AvgIpc) is 2.46. The number of pyridine rings is 1. The molecular weight excluding hydrogens is 240 g/mol. The minimum Gasteiger partial charge on any atom is -0.337 e. The molecule has 5 nitrogen and oxygen atoms in total. The highest BCUT2D eigenvalue weighted by molar-refractivity contribution is 5.93. The summed E-state index contributed by atoms with van der Waals surface area (Å²) in [5, 5.41) is 0. The molecule has 2 aliphatic rings. The lowest BCUT2D eigenvalue weighted by Crippen LogP contribution is -2.45. The molecule has 2 unspecified atom stereocenters. The normalized spacial score (nSPS) is 26.1. The van der Waals surface area contributed by atoms with Crippen LogP contribution >= 0.6 is 0 Å². The fourth-order valence-corrected chi connectivity index (χ4v) is 3.40. The Balaban J connectivity index is 1.76. The summed E-state index contributed by atoms with van der Waals surface area (Å²) in [6.45, 7) is 1.77. The van der Waals surface area contributed by atoms with Crippen LogP contribution in [0.1, 0.15) is 36.2 Å². The maximum Gasteiger partial charge on any atom is 0.272 e. The van der Waals surface area contributed by atoms with Crippen molar-refractivity contribution in [3.05, 3.63) is 24.0 Å². The van der Waals surface area contributed by atoms with Gasteiger partial charge in [0.1, 0.15) is 5.69 Å². The Hall–Kier alpha value is -1.62. The van der Waals surface area contributed by atoms with E-state index in [1.807, 2.05) is 4.90 Å². The number of hydrogen-bond donors (Lipinski definition) is 2. The number of hydrogen-bond acceptors (Lipinski definition) is 4. The first-order valence-electron chi connectivity index (χ1n) is 6.98. The van der Waals surface area contributed by atoms with E-state index < -0.39 is 0 Å². The predicted octanol–water partition coefficient (Wildman–Crippen LogP) is 1.63. The number of anilines is 1. The van der Waals surface area contributed by atoms with Crippen molar-refractivity contribution in [2.75, 3.05) is 18.5 Å². The number of nitrogens with one attached hydrogen (secondary N) is 1. The molecule has 2 fully saturated rings. The predicted molar refractivity (Wildman–Crippen MR) is 73.4 cm³/mol. The summed E-state index contributed by atoms with van der Waals surface area (Å²) >= 11 is 0. The van der Waals surface area contributed by atoms with Crippen molar-refractivity contribution in [1.29, 1.82) is 0 Å². The molecule has 1 aromatic rings. The Bertz CT molecular complexity index is 464. The van der Waals surface area contributed by atoms with Crippen LogP contribution in [0.4, 0.5) is 5.69 Å². The number of nitrogen functional groups attached to an aromatic ring is 1. The molecule has 3 rings (SSSR count). The monoisotopic (exact) mass is 260 g/mol. The molecule has 2 atom stereocenters. The minimum absolute atomic E-state index is 0.0358. The Morgan fingerprint density at radius 3 is 2.79 bits per heavy atom. The van der Waals surface area contributed by atoms with Crippen LogP contribution in [0.25, 0.3) is 0 Å². The zero-order valence-electron chi connectivity index (χ0n) is 11.0. The van der Waals surface area contributed by atoms with E-state index in [4.69, 9.17) is 5.84 Å². The molecule has 5 heteroatoms. The fraction of sp³-hybridized carbons (Fsp3) is 0.571. The molecule has 102 valence electrons. The van der Waals surface area contributed by atoms with Crippen LogP contribution in [0.15, 0.2) is 18.3 Å². The third kappa shape index (κ3) is 2.56. The Morgan fingerprint density at radius 1 is 1.37 bits per heavy atom. The van der Waals surface area contributed by atoms with Crippen LogP contribution in [-0.4, -0.2) is 28.9 Å².